The quantitative estimate of drug-likeness (QED) is 0.404. The van der Waals surface area contributed by atoms with Crippen LogP contribution in [0.3, 0.4) is 0 Å². The Morgan fingerprint density at radius 1 is 1.31 bits per heavy atom. The third-order valence-electron chi connectivity index (χ3n) is 10.0. The summed E-state index contributed by atoms with van der Waals surface area (Å²) in [6, 6.07) is 0. The second-order valence-electron chi connectivity index (χ2n) is 12.0. The molecule has 0 aromatic carbocycles. The number of carbonyl (C=O) groups is 2. The molecule has 0 aromatic heterocycles. The van der Waals surface area contributed by atoms with E-state index in [1.807, 2.05) is 6.92 Å². The molecule has 3 fully saturated rings. The van der Waals surface area contributed by atoms with E-state index in [0.717, 1.165) is 6.29 Å². The first-order valence-electron chi connectivity index (χ1n) is 12.8. The van der Waals surface area contributed by atoms with Crippen LogP contribution in [-0.4, -0.2) is 70.6 Å². The van der Waals surface area contributed by atoms with Crippen molar-refractivity contribution in [3.05, 3.63) is 23.0 Å². The lowest BCUT2D eigenvalue weighted by atomic mass is 9.44. The minimum absolute atomic E-state index is 0.0229. The summed E-state index contributed by atoms with van der Waals surface area (Å²) < 4.78 is 35.8. The molecule has 1 unspecified atom stereocenters. The summed E-state index contributed by atoms with van der Waals surface area (Å²) in [5, 5.41) is 21.6. The molecular weight excluding hydrogens is 491 g/mol. The molecule has 5 rings (SSSR count). The molecule has 8 atom stereocenters. The summed E-state index contributed by atoms with van der Waals surface area (Å²) in [4.78, 5) is 25.7. The third kappa shape index (κ3) is 3.11. The number of aliphatic hydroxyl groups is 2. The van der Waals surface area contributed by atoms with E-state index < -0.39 is 64.3 Å². The normalized spacial score (nSPS) is 46.8. The largest absolute Gasteiger partial charge is 0.497 e. The van der Waals surface area contributed by atoms with Gasteiger partial charge < -0.3 is 24.4 Å². The Hall–Kier alpha value is -1.32. The molecular formula is C27H36ClFO7. The molecule has 4 aliphatic carbocycles. The van der Waals surface area contributed by atoms with E-state index in [-0.39, 0.29) is 12.8 Å². The molecule has 1 heterocycles. The maximum atomic E-state index is 17.7. The number of ether oxygens (including phenoxy) is 3. The predicted octanol–water partition coefficient (Wildman–Crippen LogP) is 3.39. The van der Waals surface area contributed by atoms with Crippen LogP contribution in [0, 0.1) is 22.7 Å². The lowest BCUT2D eigenvalue weighted by Crippen LogP contribution is -2.70. The highest BCUT2D eigenvalue weighted by molar-refractivity contribution is 6.17. The van der Waals surface area contributed by atoms with Crippen molar-refractivity contribution in [3.63, 3.8) is 0 Å². The maximum absolute atomic E-state index is 17.7. The fourth-order valence-corrected chi connectivity index (χ4v) is 8.67. The predicted molar refractivity (Wildman–Crippen MR) is 129 cm³/mol. The molecule has 0 aromatic rings. The lowest BCUT2D eigenvalue weighted by molar-refractivity contribution is -0.248. The van der Waals surface area contributed by atoms with Gasteiger partial charge in [-0.1, -0.05) is 13.8 Å². The number of halogens is 2. The highest BCUT2D eigenvalue weighted by atomic mass is 35.5. The number of Topliss-reactive ketones (excluding diaryl/α,β-unsaturated/α-hetero) is 1. The van der Waals surface area contributed by atoms with E-state index in [4.69, 9.17) is 25.8 Å². The third-order valence-corrected chi connectivity index (χ3v) is 10.2. The van der Waals surface area contributed by atoms with Crippen LogP contribution >= 0.6 is 11.6 Å². The smallest absolute Gasteiger partial charge is 0.193 e. The minimum atomic E-state index is -2.04. The number of alkyl halides is 2. The van der Waals surface area contributed by atoms with Crippen LogP contribution < -0.4 is 0 Å². The van der Waals surface area contributed by atoms with Gasteiger partial charge in [0.1, 0.15) is 25.2 Å². The number of ketones is 1. The number of hydrogen-bond donors (Lipinski definition) is 2. The van der Waals surface area contributed by atoms with E-state index in [1.54, 1.807) is 26.8 Å². The molecule has 0 radical (unpaired) electrons. The van der Waals surface area contributed by atoms with E-state index >= 15 is 4.39 Å². The Balaban J connectivity index is 1.63. The van der Waals surface area contributed by atoms with Crippen molar-refractivity contribution in [2.24, 2.45) is 22.7 Å². The van der Waals surface area contributed by atoms with Gasteiger partial charge in [0.05, 0.1) is 23.8 Å². The van der Waals surface area contributed by atoms with Gasteiger partial charge in [0.2, 0.25) is 0 Å². The number of hydrogen-bond acceptors (Lipinski definition) is 7. The zero-order chi connectivity index (χ0) is 26.3. The molecule has 1 aliphatic heterocycles. The van der Waals surface area contributed by atoms with E-state index in [9.17, 15) is 19.8 Å². The number of aldehydes is 1. The number of rotatable bonds is 6. The molecule has 2 N–H and O–H groups in total. The van der Waals surface area contributed by atoms with Gasteiger partial charge in [0.15, 0.2) is 17.2 Å². The molecule has 200 valence electrons. The zero-order valence-corrected chi connectivity index (χ0v) is 22.1. The van der Waals surface area contributed by atoms with Crippen LogP contribution in [-0.2, 0) is 23.8 Å². The van der Waals surface area contributed by atoms with Crippen molar-refractivity contribution in [1.29, 1.82) is 0 Å². The molecule has 2 saturated carbocycles. The standard InChI is InChI=1S/C27H36ClFO7/c1-23(2)35-22-11-18-19-9-15(13-30)17-10-16(34-8-7-28)5-6-24(17,3)26(19,29)20(32)12-25(18,4)27(22,36-23)21(33)14-31/h10,13,18-20,22,31-32H,5-9,11-12,14H2,1-4H3/t18-,19-,20?,22+,24-,25-,26-,27+/m0/s1. The Labute approximate surface area is 216 Å². The fourth-order valence-electron chi connectivity index (χ4n) is 8.60. The van der Waals surface area contributed by atoms with Crippen molar-refractivity contribution < 1.29 is 38.4 Å². The molecule has 9 heteroatoms. The van der Waals surface area contributed by atoms with Crippen LogP contribution in [0.25, 0.3) is 0 Å². The minimum Gasteiger partial charge on any atom is -0.497 e. The van der Waals surface area contributed by atoms with Crippen LogP contribution in [0.2, 0.25) is 0 Å². The second kappa shape index (κ2) is 8.34. The summed E-state index contributed by atoms with van der Waals surface area (Å²) >= 11 is 5.77. The monoisotopic (exact) mass is 526 g/mol. The first-order chi connectivity index (χ1) is 16.8. The Morgan fingerprint density at radius 3 is 2.67 bits per heavy atom. The summed E-state index contributed by atoms with van der Waals surface area (Å²) in [7, 11) is 0. The van der Waals surface area contributed by atoms with Gasteiger partial charge in [-0.2, -0.15) is 0 Å². The van der Waals surface area contributed by atoms with E-state index in [1.165, 1.54) is 0 Å². The van der Waals surface area contributed by atoms with Gasteiger partial charge in [-0.3, -0.25) is 9.59 Å². The zero-order valence-electron chi connectivity index (χ0n) is 21.3. The summed E-state index contributed by atoms with van der Waals surface area (Å²) in [6.07, 6.45) is 1.72. The van der Waals surface area contributed by atoms with Gasteiger partial charge in [0.25, 0.3) is 0 Å². The summed E-state index contributed by atoms with van der Waals surface area (Å²) in [6.45, 7) is 6.65. The Morgan fingerprint density at radius 2 is 2.03 bits per heavy atom. The topological polar surface area (TPSA) is 102 Å². The van der Waals surface area contributed by atoms with Crippen molar-refractivity contribution in [2.45, 2.75) is 89.1 Å². The molecule has 36 heavy (non-hydrogen) atoms. The van der Waals surface area contributed by atoms with Gasteiger partial charge >= 0.3 is 0 Å². The van der Waals surface area contributed by atoms with Crippen molar-refractivity contribution >= 4 is 23.7 Å². The molecule has 0 spiro atoms. The number of allylic oxidation sites excluding steroid dienone is 4. The first-order valence-corrected chi connectivity index (χ1v) is 13.4. The number of carbonyl (C=O) groups excluding carboxylic acids is 2. The number of fused-ring (bicyclic) bond motifs is 7. The van der Waals surface area contributed by atoms with Crippen molar-refractivity contribution in [1.82, 2.24) is 0 Å². The van der Waals surface area contributed by atoms with E-state index in [2.05, 4.69) is 0 Å². The molecule has 0 bridgehead atoms. The molecule has 5 aliphatic rings. The van der Waals surface area contributed by atoms with Crippen molar-refractivity contribution in [2.75, 3.05) is 19.1 Å². The average molecular weight is 527 g/mol. The SMILES string of the molecule is CC1(C)O[C@@H]2C[C@H]3[C@@H]4CC(C=O)=C5C=C(OCCCl)CC[C@]5(C)[C@@]4(F)C(O)C[C@]3(C)[C@]2(C(=O)CO)O1. The number of aliphatic hydroxyl groups excluding tert-OH is 2. The van der Waals surface area contributed by atoms with Crippen LogP contribution in [0.5, 0.6) is 0 Å². The van der Waals surface area contributed by atoms with Gasteiger partial charge in [-0.15, -0.1) is 11.6 Å². The van der Waals surface area contributed by atoms with Crippen molar-refractivity contribution in [3.8, 4) is 0 Å². The van der Waals surface area contributed by atoms with Crippen LogP contribution in [0.4, 0.5) is 4.39 Å². The molecule has 1 saturated heterocycles. The lowest BCUT2D eigenvalue weighted by Gasteiger charge is -2.63. The molecule has 0 amide bonds. The summed E-state index contributed by atoms with van der Waals surface area (Å²) in [5.41, 5.74) is -4.59. The fraction of sp³-hybridized carbons (Fsp3) is 0.778. The van der Waals surface area contributed by atoms with E-state index in [0.29, 0.717) is 48.7 Å². The first kappa shape index (κ1) is 26.3. The Bertz CT molecular complexity index is 1040. The maximum Gasteiger partial charge on any atom is 0.193 e. The Kier molecular flexibility index (Phi) is 6.09. The van der Waals surface area contributed by atoms with Gasteiger partial charge in [-0.05, 0) is 62.7 Å². The second-order valence-corrected chi connectivity index (χ2v) is 12.4. The van der Waals surface area contributed by atoms with Crippen LogP contribution in [0.1, 0.15) is 59.8 Å². The average Bonchev–Trinajstić information content (AvgIpc) is 3.24. The van der Waals surface area contributed by atoms with Gasteiger partial charge in [-0.25, -0.2) is 4.39 Å². The highest BCUT2D eigenvalue weighted by Gasteiger charge is 2.80. The van der Waals surface area contributed by atoms with Crippen LogP contribution in [0.15, 0.2) is 23.0 Å². The highest BCUT2D eigenvalue weighted by Crippen LogP contribution is 2.72. The molecule has 7 nitrogen and oxygen atoms in total. The van der Waals surface area contributed by atoms with Gasteiger partial charge in [0, 0.05) is 23.2 Å². The summed E-state index contributed by atoms with van der Waals surface area (Å²) in [5.74, 6) is -1.74.